The number of fused-ring (bicyclic) bond motifs is 1. The van der Waals surface area contributed by atoms with E-state index < -0.39 is 0 Å². The van der Waals surface area contributed by atoms with Gasteiger partial charge in [0.15, 0.2) is 5.88 Å². The number of carbonyl (C=O) groups excluding carboxylic acids is 1. The molecule has 1 amide bonds. The number of anilines is 1. The second-order valence-electron chi connectivity index (χ2n) is 9.16. The maximum atomic E-state index is 12.8. The van der Waals surface area contributed by atoms with Crippen LogP contribution in [-0.4, -0.2) is 40.7 Å². The molecular formula is C31H28N4O2. The van der Waals surface area contributed by atoms with Crippen molar-refractivity contribution in [3.8, 4) is 5.88 Å². The van der Waals surface area contributed by atoms with E-state index in [9.17, 15) is 9.90 Å². The van der Waals surface area contributed by atoms with Gasteiger partial charge in [-0.2, -0.15) is 0 Å². The van der Waals surface area contributed by atoms with Gasteiger partial charge in [0.1, 0.15) is 0 Å². The number of rotatable bonds is 7. The first-order valence-electron chi connectivity index (χ1n) is 12.1. The van der Waals surface area contributed by atoms with Crippen LogP contribution in [0.25, 0.3) is 10.9 Å². The van der Waals surface area contributed by atoms with Gasteiger partial charge in [-0.15, -0.1) is 0 Å². The number of benzene rings is 4. The summed E-state index contributed by atoms with van der Waals surface area (Å²) in [5, 5.41) is 14.7. The highest BCUT2D eigenvalue weighted by Gasteiger charge is 2.20. The van der Waals surface area contributed by atoms with Crippen LogP contribution in [0.2, 0.25) is 0 Å². The van der Waals surface area contributed by atoms with E-state index in [1.54, 1.807) is 12.1 Å². The van der Waals surface area contributed by atoms with Gasteiger partial charge < -0.3 is 20.3 Å². The van der Waals surface area contributed by atoms with Crippen molar-refractivity contribution in [2.45, 2.75) is 6.54 Å². The van der Waals surface area contributed by atoms with Crippen LogP contribution < -0.4 is 5.32 Å². The zero-order chi connectivity index (χ0) is 25.8. The molecule has 1 heterocycles. The molecule has 0 aliphatic carbocycles. The molecule has 0 saturated carbocycles. The molecule has 3 N–H and O–H groups in total. The van der Waals surface area contributed by atoms with E-state index in [2.05, 4.69) is 27.3 Å². The van der Waals surface area contributed by atoms with Crippen LogP contribution in [0, 0.1) is 0 Å². The summed E-state index contributed by atoms with van der Waals surface area (Å²) in [5.74, 6) is -0.221. The summed E-state index contributed by atoms with van der Waals surface area (Å²) in [4.78, 5) is 22.9. The minimum Gasteiger partial charge on any atom is -0.494 e. The standard InChI is InChI=1S/C31H28N4O2/c1-35(2)20-21-13-16-25(17-14-21)32-29(22-9-5-3-6-10-22)28-26-18-15-23(19-27(26)34-31(28)37)30(36)33-24-11-7-4-8-12-24/h3-19,34,37H,20H2,1-2H3,(H,33,36). The number of nitrogens with one attached hydrogen (secondary N) is 2. The van der Waals surface area contributed by atoms with Crippen LogP contribution in [-0.2, 0) is 6.54 Å². The Morgan fingerprint density at radius 2 is 1.54 bits per heavy atom. The van der Waals surface area contributed by atoms with Gasteiger partial charge in [0.05, 0.1) is 17.0 Å². The van der Waals surface area contributed by atoms with Crippen molar-refractivity contribution in [1.82, 2.24) is 9.88 Å². The van der Waals surface area contributed by atoms with E-state index >= 15 is 0 Å². The Balaban J connectivity index is 1.55. The molecule has 5 rings (SSSR count). The Kier molecular flexibility index (Phi) is 6.83. The summed E-state index contributed by atoms with van der Waals surface area (Å²) in [6.07, 6.45) is 0. The molecule has 0 spiro atoms. The van der Waals surface area contributed by atoms with Gasteiger partial charge in [-0.25, -0.2) is 4.99 Å². The van der Waals surface area contributed by atoms with E-state index in [0.29, 0.717) is 22.4 Å². The number of aromatic amines is 1. The van der Waals surface area contributed by atoms with Crippen LogP contribution in [0.1, 0.15) is 27.0 Å². The molecule has 0 bridgehead atoms. The summed E-state index contributed by atoms with van der Waals surface area (Å²) < 4.78 is 0. The van der Waals surface area contributed by atoms with E-state index in [-0.39, 0.29) is 11.8 Å². The van der Waals surface area contributed by atoms with Gasteiger partial charge in [-0.3, -0.25) is 4.79 Å². The number of nitrogens with zero attached hydrogens (tertiary/aromatic N) is 2. The minimum absolute atomic E-state index is 0.00227. The van der Waals surface area contributed by atoms with Gasteiger partial charge >= 0.3 is 0 Å². The number of aliphatic imine (C=N–C) groups is 1. The predicted octanol–water partition coefficient (Wildman–Crippen LogP) is 6.36. The quantitative estimate of drug-likeness (QED) is 0.233. The van der Waals surface area contributed by atoms with Crippen LogP contribution in [0.4, 0.5) is 11.4 Å². The minimum atomic E-state index is -0.224. The van der Waals surface area contributed by atoms with Crippen LogP contribution in [0.15, 0.2) is 108 Å². The van der Waals surface area contributed by atoms with Crippen molar-refractivity contribution in [2.75, 3.05) is 19.4 Å². The summed E-state index contributed by atoms with van der Waals surface area (Å²) in [5.41, 5.74) is 5.95. The lowest BCUT2D eigenvalue weighted by Crippen LogP contribution is -2.11. The van der Waals surface area contributed by atoms with Crippen molar-refractivity contribution in [2.24, 2.45) is 4.99 Å². The molecule has 6 heteroatoms. The van der Waals surface area contributed by atoms with Crippen molar-refractivity contribution >= 4 is 33.9 Å². The monoisotopic (exact) mass is 488 g/mol. The van der Waals surface area contributed by atoms with Crippen molar-refractivity contribution < 1.29 is 9.90 Å². The summed E-state index contributed by atoms with van der Waals surface area (Å²) in [6.45, 7) is 0.846. The topological polar surface area (TPSA) is 80.7 Å². The number of hydrogen-bond donors (Lipinski definition) is 3. The van der Waals surface area contributed by atoms with Gasteiger partial charge in [-0.05, 0) is 56.1 Å². The molecule has 184 valence electrons. The molecule has 37 heavy (non-hydrogen) atoms. The molecule has 0 unspecified atom stereocenters. The molecule has 5 aromatic rings. The highest BCUT2D eigenvalue weighted by atomic mass is 16.3. The summed E-state index contributed by atoms with van der Waals surface area (Å²) in [7, 11) is 4.08. The maximum absolute atomic E-state index is 12.8. The van der Waals surface area contributed by atoms with Gasteiger partial charge in [0.25, 0.3) is 5.91 Å². The third-order valence-corrected chi connectivity index (χ3v) is 6.03. The highest BCUT2D eigenvalue weighted by molar-refractivity contribution is 6.22. The van der Waals surface area contributed by atoms with Crippen molar-refractivity contribution in [1.29, 1.82) is 0 Å². The lowest BCUT2D eigenvalue weighted by atomic mass is 10.00. The van der Waals surface area contributed by atoms with Gasteiger partial charge in [-0.1, -0.05) is 66.7 Å². The average molecular weight is 489 g/mol. The van der Waals surface area contributed by atoms with E-state index in [1.165, 1.54) is 5.56 Å². The Hall–Kier alpha value is -4.68. The first kappa shape index (κ1) is 24.0. The van der Waals surface area contributed by atoms with Crippen molar-refractivity contribution in [3.63, 3.8) is 0 Å². The van der Waals surface area contributed by atoms with Gasteiger partial charge in [0.2, 0.25) is 0 Å². The Morgan fingerprint density at radius 3 is 2.22 bits per heavy atom. The normalized spacial score (nSPS) is 11.7. The zero-order valence-electron chi connectivity index (χ0n) is 20.8. The largest absolute Gasteiger partial charge is 0.494 e. The lowest BCUT2D eigenvalue weighted by molar-refractivity contribution is 0.102. The molecular weight excluding hydrogens is 460 g/mol. The third kappa shape index (κ3) is 5.44. The molecule has 0 aliphatic heterocycles. The number of amides is 1. The summed E-state index contributed by atoms with van der Waals surface area (Å²) in [6, 6.07) is 32.5. The average Bonchev–Trinajstić information content (AvgIpc) is 3.23. The number of H-pyrrole nitrogens is 1. The Morgan fingerprint density at radius 1 is 0.865 bits per heavy atom. The molecule has 6 nitrogen and oxygen atoms in total. The number of hydrogen-bond acceptors (Lipinski definition) is 4. The Labute approximate surface area is 215 Å². The van der Waals surface area contributed by atoms with Crippen LogP contribution in [0.3, 0.4) is 0 Å². The third-order valence-electron chi connectivity index (χ3n) is 6.03. The molecule has 0 saturated heterocycles. The van der Waals surface area contributed by atoms with Crippen LogP contribution in [0.5, 0.6) is 5.88 Å². The molecule has 1 aromatic heterocycles. The lowest BCUT2D eigenvalue weighted by Gasteiger charge is -2.10. The smallest absolute Gasteiger partial charge is 0.255 e. The SMILES string of the molecule is CN(C)Cc1ccc(N=C(c2ccccc2)c2c(O)[nH]c3cc(C(=O)Nc4ccccc4)ccc23)cc1. The van der Waals surface area contributed by atoms with Crippen LogP contribution >= 0.6 is 0 Å². The number of para-hydroxylation sites is 1. The zero-order valence-corrected chi connectivity index (χ0v) is 20.8. The first-order chi connectivity index (χ1) is 18.0. The van der Waals surface area contributed by atoms with Gasteiger partial charge in [0, 0.05) is 34.3 Å². The fourth-order valence-electron chi connectivity index (χ4n) is 4.32. The molecule has 0 atom stereocenters. The molecule has 0 aliphatic rings. The maximum Gasteiger partial charge on any atom is 0.255 e. The number of aromatic hydroxyl groups is 1. The molecule has 0 fully saturated rings. The fraction of sp³-hybridized carbons (Fsp3) is 0.0968. The molecule has 0 radical (unpaired) electrons. The van der Waals surface area contributed by atoms with Crippen molar-refractivity contribution in [3.05, 3.63) is 125 Å². The highest BCUT2D eigenvalue weighted by Crippen LogP contribution is 2.32. The second kappa shape index (κ2) is 10.5. The van der Waals surface area contributed by atoms with E-state index in [0.717, 1.165) is 28.9 Å². The Bertz CT molecular complexity index is 1550. The fourth-order valence-corrected chi connectivity index (χ4v) is 4.32. The first-order valence-corrected chi connectivity index (χ1v) is 12.1. The summed E-state index contributed by atoms with van der Waals surface area (Å²) >= 11 is 0. The van der Waals surface area contributed by atoms with E-state index in [4.69, 9.17) is 4.99 Å². The molecule has 4 aromatic carbocycles. The van der Waals surface area contributed by atoms with E-state index in [1.807, 2.05) is 93.0 Å². The second-order valence-corrected chi connectivity index (χ2v) is 9.16. The number of aromatic nitrogens is 1. The number of carbonyl (C=O) groups is 1. The predicted molar refractivity (Wildman–Crippen MR) is 150 cm³/mol.